The highest BCUT2D eigenvalue weighted by Gasteiger charge is 2.27. The van der Waals surface area contributed by atoms with Crippen LogP contribution >= 0.6 is 0 Å². The molecule has 2 aromatic carbocycles. The zero-order valence-electron chi connectivity index (χ0n) is 77.9. The molecule has 0 amide bonds. The summed E-state index contributed by atoms with van der Waals surface area (Å²) in [6, 6.07) is 48.3. The van der Waals surface area contributed by atoms with Crippen LogP contribution in [0.15, 0.2) is 189 Å². The fourth-order valence-corrected chi connectivity index (χ4v) is 16.6. The number of ether oxygens (including phenoxy) is 1. The van der Waals surface area contributed by atoms with Crippen LogP contribution in [0.5, 0.6) is 0 Å². The molecule has 686 valence electrons. The summed E-state index contributed by atoms with van der Waals surface area (Å²) in [5, 5.41) is 53.3. The molecule has 0 unspecified atom stereocenters. The Balaban J connectivity index is 0.000000114. The van der Waals surface area contributed by atoms with Gasteiger partial charge in [0.2, 0.25) is 0 Å². The minimum atomic E-state index is -0.0262. The summed E-state index contributed by atoms with van der Waals surface area (Å²) in [5.74, 6) is 1.52. The number of aromatic nitrogens is 24. The highest BCUT2D eigenvalue weighted by molar-refractivity contribution is 6.01. The summed E-state index contributed by atoms with van der Waals surface area (Å²) in [5.41, 5.74) is 32.8. The number of rotatable bonds is 22. The molecule has 137 heavy (non-hydrogen) atoms. The Morgan fingerprint density at radius 1 is 0.387 bits per heavy atom. The van der Waals surface area contributed by atoms with Gasteiger partial charge in [0.1, 0.15) is 68.2 Å². The Hall–Kier alpha value is -17.0. The lowest BCUT2D eigenvalue weighted by molar-refractivity contribution is 0.0979. The van der Waals surface area contributed by atoms with Crippen molar-refractivity contribution in [2.45, 2.75) is 127 Å². The van der Waals surface area contributed by atoms with Gasteiger partial charge in [-0.3, -0.25) is 59.1 Å². The zero-order chi connectivity index (χ0) is 95.4. The molecule has 0 radical (unpaired) electrons. The molecular weight excluding hydrogens is 1720 g/mol. The first-order chi connectivity index (χ1) is 66.2. The average Bonchev–Trinajstić information content (AvgIpc) is 1.68. The van der Waals surface area contributed by atoms with Gasteiger partial charge in [0.25, 0.3) is 0 Å². The van der Waals surface area contributed by atoms with Gasteiger partial charge < -0.3 is 34.6 Å². The summed E-state index contributed by atoms with van der Waals surface area (Å²) in [4.78, 5) is 113. The summed E-state index contributed by atoms with van der Waals surface area (Å²) < 4.78 is 7.19. The Labute approximate surface area is 786 Å². The maximum Gasteiger partial charge on any atom is 0.187 e. The van der Waals surface area contributed by atoms with Crippen LogP contribution in [-0.4, -0.2) is 176 Å². The fraction of sp³-hybridized carbons (Fsp3) is 0.229. The molecule has 1 saturated heterocycles. The first-order valence-electron chi connectivity index (χ1n) is 45.2. The number of carbonyl (C=O) groups is 5. The summed E-state index contributed by atoms with van der Waals surface area (Å²) >= 11 is 0. The number of fused-ring (bicyclic) bond motifs is 5. The molecule has 1 saturated carbocycles. The lowest BCUT2D eigenvalue weighted by atomic mass is 10.0. The van der Waals surface area contributed by atoms with Gasteiger partial charge in [0.05, 0.1) is 30.5 Å². The van der Waals surface area contributed by atoms with E-state index in [0.29, 0.717) is 46.4 Å². The van der Waals surface area contributed by atoms with Crippen molar-refractivity contribution in [3.63, 3.8) is 0 Å². The number of hydrogen-bond acceptors (Lipinski definition) is 21. The van der Waals surface area contributed by atoms with Crippen molar-refractivity contribution in [3.8, 4) is 62.5 Å². The Morgan fingerprint density at radius 2 is 0.745 bits per heavy atom. The van der Waals surface area contributed by atoms with Crippen molar-refractivity contribution in [3.05, 3.63) is 318 Å². The summed E-state index contributed by atoms with van der Waals surface area (Å²) in [6.45, 7) is 24.2. The van der Waals surface area contributed by atoms with Gasteiger partial charge in [-0.1, -0.05) is 36.4 Å². The van der Waals surface area contributed by atoms with E-state index in [9.17, 15) is 24.0 Å². The Kier molecular flexibility index (Phi) is 25.8. The molecular formula is C105H100N26O6. The van der Waals surface area contributed by atoms with Crippen molar-refractivity contribution in [2.75, 3.05) is 31.2 Å². The van der Waals surface area contributed by atoms with Gasteiger partial charge in [0, 0.05) is 236 Å². The Bertz CT molecular complexity index is 8010. The average molecular weight is 1820 g/mol. The predicted octanol–water partition coefficient (Wildman–Crippen LogP) is 18.4. The number of hydrogen-bond donors (Lipinski definition) is 10. The molecule has 0 bridgehead atoms. The number of Topliss-reactive ketones (excluding diaryl/α,β-unsaturated/α-hetero) is 5. The molecule has 32 nitrogen and oxygen atoms in total. The van der Waals surface area contributed by atoms with E-state index in [2.05, 4.69) is 169 Å². The SMILES string of the molecule is Cc1[nH]nc(C(=O)Cc2cnc3[nH]c(-c4ccccc4)cc3c2)c1C.Cc1[nH]nc(C(=O)Cc2cnc3[nH]c(-c4ccn(C)n4)cc3c2)c1C.Cc1[nH]nc(C(=O)Cc2cnc3[nH]c(-c4ccnc(C5CC5)c4)cc3c2)c1C.Cc1[nH]nc(C(=O)Cc2cnc3[nH]c(-c4ccnc(N5CCOCC5)c4)cc3c2)c1C.Cc1cc(C#N)ccc1-c1cc2cc(CC(=O)c3n[nH]c(C)c3C)cnc2[nH]1. The second kappa shape index (κ2) is 39.1. The van der Waals surface area contributed by atoms with E-state index in [1.54, 1.807) is 41.7 Å². The van der Waals surface area contributed by atoms with Gasteiger partial charge in [-0.2, -0.15) is 35.9 Å². The molecule has 2 fully saturated rings. The molecule has 1 aliphatic heterocycles. The number of carbonyl (C=O) groups excluding carboxylic acids is 5. The zero-order valence-corrected chi connectivity index (χ0v) is 77.9. The minimum absolute atomic E-state index is 0.00168. The lowest BCUT2D eigenvalue weighted by Gasteiger charge is -2.27. The van der Waals surface area contributed by atoms with E-state index < -0.39 is 0 Å². The molecule has 18 aromatic heterocycles. The second-order valence-electron chi connectivity index (χ2n) is 35.1. The van der Waals surface area contributed by atoms with Gasteiger partial charge >= 0.3 is 0 Å². The first kappa shape index (κ1) is 90.6. The molecule has 0 spiro atoms. The van der Waals surface area contributed by atoms with E-state index in [0.717, 1.165) is 233 Å². The number of nitrogens with one attached hydrogen (secondary N) is 10. The van der Waals surface area contributed by atoms with Crippen LogP contribution in [0, 0.1) is 87.5 Å². The fourth-order valence-electron chi connectivity index (χ4n) is 16.6. The van der Waals surface area contributed by atoms with E-state index in [-0.39, 0.29) is 54.6 Å². The number of anilines is 1. The number of H-pyrrole nitrogens is 10. The van der Waals surface area contributed by atoms with Crippen LogP contribution in [0.25, 0.3) is 112 Å². The number of benzene rings is 2. The molecule has 0 atom stereocenters. The largest absolute Gasteiger partial charge is 0.378 e. The van der Waals surface area contributed by atoms with Gasteiger partial charge in [-0.25, -0.2) is 29.9 Å². The van der Waals surface area contributed by atoms with Crippen molar-refractivity contribution in [1.29, 1.82) is 5.26 Å². The Morgan fingerprint density at radius 3 is 1.10 bits per heavy atom. The van der Waals surface area contributed by atoms with Crippen LogP contribution < -0.4 is 4.90 Å². The number of nitrogens with zero attached hydrogens (tertiary/aromatic N) is 16. The number of nitriles is 1. The molecule has 20 aromatic rings. The topological polar surface area (TPSA) is 452 Å². The molecule has 1 aliphatic carbocycles. The molecule has 22 rings (SSSR count). The molecule has 10 N–H and O–H groups in total. The van der Waals surface area contributed by atoms with E-state index in [1.807, 2.05) is 193 Å². The third-order valence-electron chi connectivity index (χ3n) is 25.2. The normalized spacial score (nSPS) is 12.4. The van der Waals surface area contributed by atoms with E-state index >= 15 is 0 Å². The number of aryl methyl sites for hydroxylation is 7. The number of pyridine rings is 7. The maximum absolute atomic E-state index is 12.7. The lowest BCUT2D eigenvalue weighted by Crippen LogP contribution is -2.36. The quantitative estimate of drug-likeness (QED) is 0.0282. The van der Waals surface area contributed by atoms with Crippen molar-refractivity contribution in [1.82, 2.24) is 121 Å². The monoisotopic (exact) mass is 1820 g/mol. The smallest absolute Gasteiger partial charge is 0.187 e. The molecule has 19 heterocycles. The van der Waals surface area contributed by atoms with Crippen LogP contribution in [0.2, 0.25) is 0 Å². The van der Waals surface area contributed by atoms with Crippen molar-refractivity contribution in [2.24, 2.45) is 7.05 Å². The molecule has 32 heteroatoms. The van der Waals surface area contributed by atoms with E-state index in [1.165, 1.54) is 18.5 Å². The van der Waals surface area contributed by atoms with Gasteiger partial charge in [-0.05, 0) is 231 Å². The first-order valence-corrected chi connectivity index (χ1v) is 45.2. The molecule has 2 aliphatic rings. The highest BCUT2D eigenvalue weighted by Crippen LogP contribution is 2.41. The number of aromatic amines is 10. The number of ketones is 5. The standard InChI is InChI=1S/C23H24N6O2.C22H21N5O.C22H19N5O.C20H18N4O.C18H18N6O/c1-14-15(2)27-28-22(14)20(30)10-16-9-18-11-19(26-23(18)25-13-16)17-3-4-24-21(12-17)29-5-7-31-8-6-29;1-12-13(2)26-27-21(12)20(28)8-14-7-17-10-19(25-22(17)24-11-14)16-5-6-23-18(9-16)15-3-4-15;1-12-6-15(10-23)4-5-18(12)19-9-17-7-16(11-24-22(17)25-19)8-20(28)21-13(2)14(3)26-27-21;1-12-13(2)23-24-19(12)18(25)9-14-8-16-10-17(22-20(16)21-11-14)15-6-4-3-5-7-15;1-10-11(2)21-22-17(10)16(25)7-12-6-13-8-15(20-18(13)19-9-12)14-4-5-24(3)23-14/h3-4,9,11-13H,5-8,10H2,1-2H3,(H,25,26)(H,27,28);5-7,9-11,15H,3-4,8H2,1-2H3,(H,24,25)(H,26,27);4-7,9,11H,8H2,1-3H3,(H,24,25)(H,26,27);3-8,10-11H,9H2,1-2H3,(H,21,22)(H,23,24);4-6,8-9H,7H2,1-3H3,(H,19,20)(H,21,22). The predicted molar refractivity (Wildman–Crippen MR) is 525 cm³/mol. The van der Waals surface area contributed by atoms with Crippen LogP contribution in [-0.2, 0) is 43.9 Å². The highest BCUT2D eigenvalue weighted by atomic mass is 16.5. The van der Waals surface area contributed by atoms with Crippen molar-refractivity contribution >= 4 is 89.9 Å². The third-order valence-corrected chi connectivity index (χ3v) is 25.2. The summed E-state index contributed by atoms with van der Waals surface area (Å²) in [6.07, 6.45) is 18.2. The van der Waals surface area contributed by atoms with Gasteiger partial charge in [-0.15, -0.1) is 0 Å². The maximum atomic E-state index is 12.7. The van der Waals surface area contributed by atoms with Crippen molar-refractivity contribution < 1.29 is 28.7 Å². The van der Waals surface area contributed by atoms with Crippen LogP contribution in [0.4, 0.5) is 5.82 Å². The third kappa shape index (κ3) is 20.2. The second-order valence-corrected chi connectivity index (χ2v) is 35.1. The van der Waals surface area contributed by atoms with Gasteiger partial charge in [0.15, 0.2) is 28.9 Å². The summed E-state index contributed by atoms with van der Waals surface area (Å²) in [7, 11) is 1.88. The van der Waals surface area contributed by atoms with Crippen LogP contribution in [0.3, 0.4) is 0 Å². The number of morpholine rings is 1. The van der Waals surface area contributed by atoms with E-state index in [4.69, 9.17) is 10.00 Å². The van der Waals surface area contributed by atoms with Crippen LogP contribution in [0.1, 0.15) is 172 Å². The minimum Gasteiger partial charge on any atom is -0.378 e.